The third-order valence-corrected chi connectivity index (χ3v) is 4.24. The minimum Gasteiger partial charge on any atom is -0.496 e. The van der Waals surface area contributed by atoms with Gasteiger partial charge in [0.05, 0.1) is 7.11 Å². The van der Waals surface area contributed by atoms with Crippen LogP contribution in [0.5, 0.6) is 5.75 Å². The predicted molar refractivity (Wildman–Crippen MR) is 82.3 cm³/mol. The Labute approximate surface area is 119 Å². The molecule has 2 atom stereocenters. The summed E-state index contributed by atoms with van der Waals surface area (Å²) in [6.07, 6.45) is 2.88. The van der Waals surface area contributed by atoms with Crippen LogP contribution in [0.4, 0.5) is 5.82 Å². The van der Waals surface area contributed by atoms with Crippen molar-refractivity contribution in [2.75, 3.05) is 25.1 Å². The van der Waals surface area contributed by atoms with Gasteiger partial charge in [0, 0.05) is 36.1 Å². The van der Waals surface area contributed by atoms with Crippen molar-refractivity contribution in [1.82, 2.24) is 4.98 Å². The lowest BCUT2D eigenvalue weighted by Crippen LogP contribution is -2.46. The lowest BCUT2D eigenvalue weighted by Gasteiger charge is -2.36. The Morgan fingerprint density at radius 1 is 1.30 bits per heavy atom. The summed E-state index contributed by atoms with van der Waals surface area (Å²) < 4.78 is 5.44. The molecule has 106 valence electrons. The van der Waals surface area contributed by atoms with Crippen LogP contribution < -0.4 is 15.4 Å². The molecule has 2 N–H and O–H groups in total. The second kappa shape index (κ2) is 5.29. The molecule has 1 aliphatic heterocycles. The number of piperidine rings is 1. The smallest absolute Gasteiger partial charge is 0.136 e. The van der Waals surface area contributed by atoms with Gasteiger partial charge in [-0.1, -0.05) is 19.1 Å². The van der Waals surface area contributed by atoms with E-state index < -0.39 is 0 Å². The second-order valence-electron chi connectivity index (χ2n) is 5.57. The van der Waals surface area contributed by atoms with Gasteiger partial charge in [-0.15, -0.1) is 0 Å². The first-order chi connectivity index (χ1) is 9.70. The molecule has 1 saturated heterocycles. The third kappa shape index (κ3) is 2.20. The minimum atomic E-state index is 0.302. The van der Waals surface area contributed by atoms with Crippen molar-refractivity contribution in [3.8, 4) is 5.75 Å². The first kappa shape index (κ1) is 13.2. The average Bonchev–Trinajstić information content (AvgIpc) is 2.49. The Bertz CT molecular complexity index is 614. The summed E-state index contributed by atoms with van der Waals surface area (Å²) >= 11 is 0. The van der Waals surface area contributed by atoms with E-state index in [1.165, 1.54) is 0 Å². The third-order valence-electron chi connectivity index (χ3n) is 4.24. The zero-order valence-corrected chi connectivity index (χ0v) is 12.0. The van der Waals surface area contributed by atoms with Gasteiger partial charge >= 0.3 is 0 Å². The number of pyridine rings is 1. The van der Waals surface area contributed by atoms with Gasteiger partial charge in [0.15, 0.2) is 0 Å². The van der Waals surface area contributed by atoms with Crippen LogP contribution in [0.2, 0.25) is 0 Å². The lowest BCUT2D eigenvalue weighted by molar-refractivity contribution is 0.382. The predicted octanol–water partition coefficient (Wildman–Crippen LogP) is 2.42. The van der Waals surface area contributed by atoms with E-state index in [1.807, 2.05) is 24.4 Å². The fourth-order valence-electron chi connectivity index (χ4n) is 2.95. The van der Waals surface area contributed by atoms with Crippen molar-refractivity contribution in [2.45, 2.75) is 19.4 Å². The van der Waals surface area contributed by atoms with E-state index >= 15 is 0 Å². The quantitative estimate of drug-likeness (QED) is 0.911. The molecule has 0 spiro atoms. The summed E-state index contributed by atoms with van der Waals surface area (Å²) in [4.78, 5) is 6.94. The minimum absolute atomic E-state index is 0.302. The number of anilines is 1. The molecule has 0 saturated carbocycles. The van der Waals surface area contributed by atoms with E-state index in [9.17, 15) is 0 Å². The molecule has 2 heterocycles. The fourth-order valence-corrected chi connectivity index (χ4v) is 2.95. The first-order valence-electron chi connectivity index (χ1n) is 7.13. The van der Waals surface area contributed by atoms with Crippen LogP contribution in [0.1, 0.15) is 13.3 Å². The largest absolute Gasteiger partial charge is 0.496 e. The van der Waals surface area contributed by atoms with Crippen molar-refractivity contribution in [3.05, 3.63) is 30.5 Å². The molecular formula is C16H21N3O. The number of nitrogens with zero attached hydrogens (tertiary/aromatic N) is 2. The van der Waals surface area contributed by atoms with Gasteiger partial charge < -0.3 is 15.4 Å². The summed E-state index contributed by atoms with van der Waals surface area (Å²) in [5, 5.41) is 2.26. The molecule has 0 bridgehead atoms. The van der Waals surface area contributed by atoms with E-state index in [-0.39, 0.29) is 0 Å². The molecule has 1 aliphatic rings. The monoisotopic (exact) mass is 271 g/mol. The molecular weight excluding hydrogens is 250 g/mol. The lowest BCUT2D eigenvalue weighted by atomic mass is 9.94. The van der Waals surface area contributed by atoms with Crippen LogP contribution in [-0.2, 0) is 0 Å². The highest BCUT2D eigenvalue weighted by Gasteiger charge is 2.25. The maximum absolute atomic E-state index is 6.11. The van der Waals surface area contributed by atoms with Gasteiger partial charge in [-0.25, -0.2) is 4.98 Å². The topological polar surface area (TPSA) is 51.4 Å². The van der Waals surface area contributed by atoms with Crippen LogP contribution in [0.15, 0.2) is 30.5 Å². The van der Waals surface area contributed by atoms with Gasteiger partial charge in [0.2, 0.25) is 0 Å². The van der Waals surface area contributed by atoms with Crippen molar-refractivity contribution >= 4 is 16.6 Å². The molecule has 2 unspecified atom stereocenters. The van der Waals surface area contributed by atoms with Crippen LogP contribution in [-0.4, -0.2) is 31.2 Å². The Kier molecular flexibility index (Phi) is 3.49. The van der Waals surface area contributed by atoms with Crippen molar-refractivity contribution in [3.63, 3.8) is 0 Å². The molecule has 20 heavy (non-hydrogen) atoms. The summed E-state index contributed by atoms with van der Waals surface area (Å²) in [5.74, 6) is 2.43. The summed E-state index contributed by atoms with van der Waals surface area (Å²) in [6.45, 7) is 4.14. The molecule has 2 aromatic rings. The molecule has 4 nitrogen and oxygen atoms in total. The van der Waals surface area contributed by atoms with Crippen LogP contribution in [0.25, 0.3) is 10.8 Å². The van der Waals surface area contributed by atoms with E-state index in [1.54, 1.807) is 7.11 Å². The van der Waals surface area contributed by atoms with Gasteiger partial charge in [-0.3, -0.25) is 0 Å². The van der Waals surface area contributed by atoms with Crippen molar-refractivity contribution in [1.29, 1.82) is 0 Å². The molecule has 0 amide bonds. The van der Waals surface area contributed by atoms with E-state index in [0.717, 1.165) is 41.9 Å². The molecule has 1 aromatic carbocycles. The Balaban J connectivity index is 2.04. The maximum atomic E-state index is 6.11. The van der Waals surface area contributed by atoms with Crippen molar-refractivity contribution in [2.24, 2.45) is 11.7 Å². The highest BCUT2D eigenvalue weighted by molar-refractivity contribution is 5.96. The summed E-state index contributed by atoms with van der Waals surface area (Å²) in [7, 11) is 1.71. The SMILES string of the molecule is COc1cccc2c(N3CCC(N)C(C)C3)nccc12. The standard InChI is InChI=1S/C16H21N3O/c1-11-10-19(9-7-14(11)17)16-13-4-3-5-15(20-2)12(13)6-8-18-16/h3-6,8,11,14H,7,9-10,17H2,1-2H3. The number of hydrogen-bond donors (Lipinski definition) is 1. The van der Waals surface area contributed by atoms with Crippen molar-refractivity contribution < 1.29 is 4.74 Å². The number of nitrogens with two attached hydrogens (primary N) is 1. The Morgan fingerprint density at radius 2 is 2.15 bits per heavy atom. The zero-order chi connectivity index (χ0) is 14.1. The zero-order valence-electron chi connectivity index (χ0n) is 12.0. The molecule has 1 aromatic heterocycles. The van der Waals surface area contributed by atoms with Gasteiger partial charge in [-0.2, -0.15) is 0 Å². The Morgan fingerprint density at radius 3 is 2.90 bits per heavy atom. The van der Waals surface area contributed by atoms with E-state index in [4.69, 9.17) is 10.5 Å². The average molecular weight is 271 g/mol. The van der Waals surface area contributed by atoms with Gasteiger partial charge in [0.1, 0.15) is 11.6 Å². The van der Waals surface area contributed by atoms with Crippen LogP contribution >= 0.6 is 0 Å². The van der Waals surface area contributed by atoms with Crippen LogP contribution in [0.3, 0.4) is 0 Å². The molecule has 1 fully saturated rings. The number of methoxy groups -OCH3 is 1. The number of hydrogen-bond acceptors (Lipinski definition) is 4. The summed E-state index contributed by atoms with van der Waals surface area (Å²) in [5.41, 5.74) is 6.11. The molecule has 0 aliphatic carbocycles. The van der Waals surface area contributed by atoms with E-state index in [0.29, 0.717) is 12.0 Å². The van der Waals surface area contributed by atoms with E-state index in [2.05, 4.69) is 22.9 Å². The highest BCUT2D eigenvalue weighted by Crippen LogP contribution is 2.32. The number of ether oxygens (including phenoxy) is 1. The van der Waals surface area contributed by atoms with Crippen LogP contribution in [0, 0.1) is 5.92 Å². The first-order valence-corrected chi connectivity index (χ1v) is 7.13. The number of benzene rings is 1. The second-order valence-corrected chi connectivity index (χ2v) is 5.57. The summed E-state index contributed by atoms with van der Waals surface area (Å²) in [6, 6.07) is 8.43. The Hall–Kier alpha value is -1.81. The number of fused-ring (bicyclic) bond motifs is 1. The normalized spacial score (nSPS) is 23.1. The molecule has 4 heteroatoms. The molecule has 0 radical (unpaired) electrons. The number of rotatable bonds is 2. The van der Waals surface area contributed by atoms with Gasteiger partial charge in [-0.05, 0) is 24.5 Å². The number of aromatic nitrogens is 1. The highest BCUT2D eigenvalue weighted by atomic mass is 16.5. The fraction of sp³-hybridized carbons (Fsp3) is 0.438. The molecule has 3 rings (SSSR count). The van der Waals surface area contributed by atoms with Gasteiger partial charge in [0.25, 0.3) is 0 Å². The maximum Gasteiger partial charge on any atom is 0.136 e.